The summed E-state index contributed by atoms with van der Waals surface area (Å²) in [6.07, 6.45) is 0. The average molecular weight is 756 g/mol. The zero-order valence-electron chi connectivity index (χ0n) is 31.3. The third-order valence-corrected chi connectivity index (χ3v) is 13.3. The second kappa shape index (κ2) is 12.1. The fourth-order valence-corrected chi connectivity index (χ4v) is 10.8. The van der Waals surface area contributed by atoms with Crippen LogP contribution >= 0.6 is 11.3 Å². The number of benzene rings is 9. The molecule has 0 saturated carbocycles. The minimum Gasteiger partial charge on any atom is -0.309 e. The lowest BCUT2D eigenvalue weighted by Gasteiger charge is -2.10. The Kier molecular flexibility index (Phi) is 6.60. The highest BCUT2D eigenvalue weighted by molar-refractivity contribution is 7.25. The van der Waals surface area contributed by atoms with Gasteiger partial charge in [0.15, 0.2) is 0 Å². The van der Waals surface area contributed by atoms with Gasteiger partial charge in [-0.15, -0.1) is 11.3 Å². The first-order chi connectivity index (χ1) is 28.8. The van der Waals surface area contributed by atoms with Crippen LogP contribution < -0.4 is 0 Å². The molecule has 0 spiro atoms. The van der Waals surface area contributed by atoms with Crippen molar-refractivity contribution in [1.82, 2.24) is 13.7 Å². The maximum absolute atomic E-state index is 2.46. The van der Waals surface area contributed by atoms with Gasteiger partial charge in [-0.2, -0.15) is 0 Å². The molecule has 4 heterocycles. The van der Waals surface area contributed by atoms with Gasteiger partial charge in [0.2, 0.25) is 0 Å². The molecule has 0 bridgehead atoms. The maximum Gasteiger partial charge on any atom is 0.0562 e. The lowest BCUT2D eigenvalue weighted by Crippen LogP contribution is -1.95. The number of rotatable bonds is 4. The zero-order chi connectivity index (χ0) is 37.9. The smallest absolute Gasteiger partial charge is 0.0562 e. The molecule has 270 valence electrons. The molecule has 0 fully saturated rings. The van der Waals surface area contributed by atoms with Crippen LogP contribution in [-0.2, 0) is 0 Å². The lowest BCUT2D eigenvalue weighted by molar-refractivity contribution is 1.16. The van der Waals surface area contributed by atoms with Gasteiger partial charge in [-0.3, -0.25) is 0 Å². The van der Waals surface area contributed by atoms with Crippen LogP contribution in [0.4, 0.5) is 0 Å². The van der Waals surface area contributed by atoms with Crippen molar-refractivity contribution in [2.45, 2.75) is 0 Å². The van der Waals surface area contributed by atoms with Gasteiger partial charge in [0.05, 0.1) is 33.1 Å². The number of hydrogen-bond acceptors (Lipinski definition) is 1. The summed E-state index contributed by atoms with van der Waals surface area (Å²) in [7, 11) is 0. The minimum atomic E-state index is 1.15. The molecule has 0 saturated heterocycles. The van der Waals surface area contributed by atoms with Gasteiger partial charge in [0, 0.05) is 69.6 Å². The van der Waals surface area contributed by atoms with Gasteiger partial charge in [0.25, 0.3) is 0 Å². The van der Waals surface area contributed by atoms with Crippen molar-refractivity contribution in [3.63, 3.8) is 0 Å². The Morgan fingerprint density at radius 2 is 0.690 bits per heavy atom. The molecule has 0 atom stereocenters. The molecule has 0 N–H and O–H groups in total. The highest BCUT2D eigenvalue weighted by Crippen LogP contribution is 2.44. The van der Waals surface area contributed by atoms with Gasteiger partial charge in [-0.05, 0) is 102 Å². The Hall–Kier alpha value is -7.40. The van der Waals surface area contributed by atoms with E-state index in [0.29, 0.717) is 0 Å². The van der Waals surface area contributed by atoms with E-state index in [0.717, 1.165) is 11.4 Å². The largest absolute Gasteiger partial charge is 0.309 e. The summed E-state index contributed by atoms with van der Waals surface area (Å²) in [5.74, 6) is 0. The van der Waals surface area contributed by atoms with Crippen molar-refractivity contribution in [1.29, 1.82) is 0 Å². The maximum atomic E-state index is 2.46. The lowest BCUT2D eigenvalue weighted by atomic mass is 10.0. The van der Waals surface area contributed by atoms with E-state index in [9.17, 15) is 0 Å². The van der Waals surface area contributed by atoms with Crippen molar-refractivity contribution < 1.29 is 0 Å². The predicted molar refractivity (Wildman–Crippen MR) is 248 cm³/mol. The minimum absolute atomic E-state index is 1.15. The topological polar surface area (TPSA) is 14.8 Å². The van der Waals surface area contributed by atoms with Gasteiger partial charge in [-0.1, -0.05) is 109 Å². The molecule has 3 nitrogen and oxygen atoms in total. The fraction of sp³-hybridized carbons (Fsp3) is 0. The molecule has 0 unspecified atom stereocenters. The Morgan fingerprint density at radius 1 is 0.241 bits per heavy atom. The summed E-state index contributed by atoms with van der Waals surface area (Å²) < 4.78 is 9.95. The fourth-order valence-electron chi connectivity index (χ4n) is 9.64. The molecule has 13 aromatic rings. The van der Waals surface area contributed by atoms with Crippen LogP contribution in [0.3, 0.4) is 0 Å². The van der Waals surface area contributed by atoms with E-state index in [2.05, 4.69) is 214 Å². The first kappa shape index (κ1) is 31.8. The zero-order valence-corrected chi connectivity index (χ0v) is 32.1. The molecule has 0 amide bonds. The molecule has 0 aliphatic carbocycles. The van der Waals surface area contributed by atoms with E-state index >= 15 is 0 Å². The van der Waals surface area contributed by atoms with Crippen LogP contribution in [-0.4, -0.2) is 13.7 Å². The van der Waals surface area contributed by atoms with Crippen molar-refractivity contribution in [3.8, 4) is 28.2 Å². The quantitative estimate of drug-likeness (QED) is 0.170. The number of hydrogen-bond donors (Lipinski definition) is 0. The summed E-state index contributed by atoms with van der Waals surface area (Å²) in [5.41, 5.74) is 13.1. The van der Waals surface area contributed by atoms with Crippen LogP contribution in [0.15, 0.2) is 200 Å². The predicted octanol–water partition coefficient (Wildman–Crippen LogP) is 15.0. The molecule has 4 aromatic heterocycles. The second-order valence-corrected chi connectivity index (χ2v) is 16.4. The summed E-state index contributed by atoms with van der Waals surface area (Å²) >= 11 is 1.88. The highest BCUT2D eigenvalue weighted by atomic mass is 32.1. The monoisotopic (exact) mass is 755 g/mol. The molecule has 58 heavy (non-hydrogen) atoms. The number of nitrogens with zero attached hydrogens (tertiary/aromatic N) is 3. The molecule has 0 aliphatic heterocycles. The third-order valence-electron chi connectivity index (χ3n) is 12.2. The van der Waals surface area contributed by atoms with Crippen LogP contribution in [0, 0.1) is 0 Å². The normalized spacial score (nSPS) is 12.1. The first-order valence-corrected chi connectivity index (χ1v) is 20.7. The van der Waals surface area contributed by atoms with Gasteiger partial charge >= 0.3 is 0 Å². The highest BCUT2D eigenvalue weighted by Gasteiger charge is 2.20. The van der Waals surface area contributed by atoms with Crippen LogP contribution in [0.1, 0.15) is 0 Å². The van der Waals surface area contributed by atoms with Crippen molar-refractivity contribution in [3.05, 3.63) is 200 Å². The van der Waals surface area contributed by atoms with Gasteiger partial charge in [0.1, 0.15) is 0 Å². The second-order valence-electron chi connectivity index (χ2n) is 15.3. The number of thiophene rings is 1. The van der Waals surface area contributed by atoms with Crippen molar-refractivity contribution in [2.24, 2.45) is 0 Å². The standard InChI is InChI=1S/C54H33N3S/c1-4-14-36(15-5-1)55-47-22-12-10-20-39(47)43-30-45-42-28-34(25-27-48(42)56(51(45)32-50(43)55)37-16-6-2-7-17-37)35-24-26-40-44-31-46-41-21-11-13-23-53(41)58-54(46)33-52(44)57(49(40)29-35)38-18-8-3-9-19-38/h1-33H. The Bertz CT molecular complexity index is 3770. The molecular formula is C54H33N3S. The summed E-state index contributed by atoms with van der Waals surface area (Å²) in [6.45, 7) is 0. The average Bonchev–Trinajstić information content (AvgIpc) is 4.01. The molecule has 0 aliphatic rings. The summed E-state index contributed by atoms with van der Waals surface area (Å²) in [4.78, 5) is 0. The molecular weight excluding hydrogens is 723 g/mol. The van der Waals surface area contributed by atoms with E-state index in [-0.39, 0.29) is 0 Å². The van der Waals surface area contributed by atoms with Gasteiger partial charge < -0.3 is 13.7 Å². The summed E-state index contributed by atoms with van der Waals surface area (Å²) in [6, 6.07) is 73.7. The molecule has 0 radical (unpaired) electrons. The van der Waals surface area contributed by atoms with Crippen LogP contribution in [0.5, 0.6) is 0 Å². The van der Waals surface area contributed by atoms with Crippen LogP contribution in [0.2, 0.25) is 0 Å². The van der Waals surface area contributed by atoms with E-state index in [1.807, 2.05) is 11.3 Å². The molecule has 13 rings (SSSR count). The number of aromatic nitrogens is 3. The van der Waals surface area contributed by atoms with E-state index in [1.54, 1.807) is 0 Å². The van der Waals surface area contributed by atoms with Crippen molar-refractivity contribution >= 4 is 96.9 Å². The van der Waals surface area contributed by atoms with Gasteiger partial charge in [-0.25, -0.2) is 0 Å². The first-order valence-electron chi connectivity index (χ1n) is 19.8. The molecule has 4 heteroatoms. The van der Waals surface area contributed by atoms with E-state index in [1.165, 1.54) is 102 Å². The Morgan fingerprint density at radius 3 is 1.38 bits per heavy atom. The number of para-hydroxylation sites is 4. The SMILES string of the molecule is c1ccc(-n2c3cc(-c4ccc5c(c4)c4cc6c7ccccc7n(-c7ccccc7)c6cc4n5-c4ccccc4)ccc3c3cc4c(cc32)sc2ccccc24)cc1. The van der Waals surface area contributed by atoms with E-state index in [4.69, 9.17) is 0 Å². The van der Waals surface area contributed by atoms with Crippen molar-refractivity contribution in [2.75, 3.05) is 0 Å². The van der Waals surface area contributed by atoms with Crippen LogP contribution in [0.25, 0.3) is 114 Å². The number of fused-ring (bicyclic) bond motifs is 12. The Labute approximate surface area is 337 Å². The third kappa shape index (κ3) is 4.49. The Balaban J connectivity index is 1.08. The molecule has 9 aromatic carbocycles. The summed E-state index contributed by atoms with van der Waals surface area (Å²) in [5, 5.41) is 10.2. The van der Waals surface area contributed by atoms with E-state index < -0.39 is 0 Å².